The van der Waals surface area contributed by atoms with E-state index < -0.39 is 0 Å². The number of benzene rings is 1. The van der Waals surface area contributed by atoms with Gasteiger partial charge in [-0.2, -0.15) is 0 Å². The van der Waals surface area contributed by atoms with Gasteiger partial charge in [0.05, 0.1) is 6.04 Å². The van der Waals surface area contributed by atoms with Crippen molar-refractivity contribution >= 4 is 0 Å². The van der Waals surface area contributed by atoms with Crippen molar-refractivity contribution in [3.63, 3.8) is 0 Å². The Balaban J connectivity index is 2.26. The van der Waals surface area contributed by atoms with E-state index in [1.165, 1.54) is 16.7 Å². The molecule has 0 fully saturated rings. The van der Waals surface area contributed by atoms with E-state index in [0.717, 1.165) is 17.9 Å². The SMILES string of the molecule is Cc1ccc(C(Cc2c(C)cccc2C)NN)o1. The average Bonchev–Trinajstić information content (AvgIpc) is 2.76. The molecule has 1 atom stereocenters. The molecule has 0 amide bonds. The van der Waals surface area contributed by atoms with E-state index >= 15 is 0 Å². The van der Waals surface area contributed by atoms with Crippen molar-refractivity contribution in [3.05, 3.63) is 58.5 Å². The van der Waals surface area contributed by atoms with Gasteiger partial charge >= 0.3 is 0 Å². The number of nitrogens with two attached hydrogens (primary N) is 1. The van der Waals surface area contributed by atoms with Gasteiger partial charge in [-0.25, -0.2) is 5.43 Å². The molecule has 0 saturated heterocycles. The monoisotopic (exact) mass is 244 g/mol. The fraction of sp³-hybridized carbons (Fsp3) is 0.333. The number of hydrazine groups is 1. The van der Waals surface area contributed by atoms with Crippen LogP contribution in [0.2, 0.25) is 0 Å². The molecule has 0 aliphatic carbocycles. The zero-order valence-electron chi connectivity index (χ0n) is 11.2. The lowest BCUT2D eigenvalue weighted by Gasteiger charge is -2.17. The lowest BCUT2D eigenvalue weighted by atomic mass is 9.96. The maximum atomic E-state index is 5.65. The Labute approximate surface area is 108 Å². The molecule has 2 rings (SSSR count). The van der Waals surface area contributed by atoms with Gasteiger partial charge in [-0.15, -0.1) is 0 Å². The summed E-state index contributed by atoms with van der Waals surface area (Å²) in [5.74, 6) is 7.45. The van der Waals surface area contributed by atoms with Crippen LogP contribution in [0, 0.1) is 20.8 Å². The maximum Gasteiger partial charge on any atom is 0.122 e. The molecule has 18 heavy (non-hydrogen) atoms. The molecule has 2 aromatic rings. The van der Waals surface area contributed by atoms with Gasteiger partial charge in [0, 0.05) is 0 Å². The molecule has 0 bridgehead atoms. The summed E-state index contributed by atoms with van der Waals surface area (Å²) in [6.07, 6.45) is 0.835. The predicted molar refractivity (Wildman–Crippen MR) is 73.1 cm³/mol. The van der Waals surface area contributed by atoms with Crippen LogP contribution in [0.5, 0.6) is 0 Å². The molecule has 96 valence electrons. The molecule has 0 aliphatic heterocycles. The topological polar surface area (TPSA) is 51.2 Å². The third-order valence-electron chi connectivity index (χ3n) is 3.36. The Morgan fingerprint density at radius 2 is 1.78 bits per heavy atom. The molecular formula is C15H20N2O. The van der Waals surface area contributed by atoms with Crippen molar-refractivity contribution in [2.24, 2.45) is 5.84 Å². The minimum atomic E-state index is 0.0125. The van der Waals surface area contributed by atoms with Crippen LogP contribution in [0.15, 0.2) is 34.7 Å². The molecule has 1 unspecified atom stereocenters. The molecule has 1 aromatic heterocycles. The minimum Gasteiger partial charge on any atom is -0.465 e. The van der Waals surface area contributed by atoms with Crippen molar-refractivity contribution in [1.82, 2.24) is 5.43 Å². The van der Waals surface area contributed by atoms with E-state index in [4.69, 9.17) is 10.3 Å². The number of hydrogen-bond acceptors (Lipinski definition) is 3. The highest BCUT2D eigenvalue weighted by Gasteiger charge is 2.16. The maximum absolute atomic E-state index is 5.65. The Kier molecular flexibility index (Phi) is 3.84. The summed E-state index contributed by atoms with van der Waals surface area (Å²) in [5.41, 5.74) is 6.75. The first-order chi connectivity index (χ1) is 8.61. The molecule has 0 saturated carbocycles. The smallest absolute Gasteiger partial charge is 0.122 e. The number of aryl methyl sites for hydroxylation is 3. The summed E-state index contributed by atoms with van der Waals surface area (Å²) in [5, 5.41) is 0. The van der Waals surface area contributed by atoms with E-state index in [0.29, 0.717) is 0 Å². The third-order valence-corrected chi connectivity index (χ3v) is 3.36. The van der Waals surface area contributed by atoms with Crippen LogP contribution in [-0.2, 0) is 6.42 Å². The van der Waals surface area contributed by atoms with Gasteiger partial charge in [0.2, 0.25) is 0 Å². The lowest BCUT2D eigenvalue weighted by molar-refractivity contribution is 0.402. The van der Waals surface area contributed by atoms with Crippen LogP contribution >= 0.6 is 0 Å². The summed E-state index contributed by atoms with van der Waals surface area (Å²) in [7, 11) is 0. The average molecular weight is 244 g/mol. The second-order valence-corrected chi connectivity index (χ2v) is 4.74. The normalized spacial score (nSPS) is 12.7. The van der Waals surface area contributed by atoms with Gasteiger partial charge in [-0.1, -0.05) is 18.2 Å². The number of hydrogen-bond donors (Lipinski definition) is 2. The number of rotatable bonds is 4. The minimum absolute atomic E-state index is 0.0125. The Bertz CT molecular complexity index is 511. The van der Waals surface area contributed by atoms with Crippen LogP contribution in [-0.4, -0.2) is 0 Å². The molecule has 3 nitrogen and oxygen atoms in total. The predicted octanol–water partition coefficient (Wildman–Crippen LogP) is 2.95. The first kappa shape index (κ1) is 12.9. The zero-order chi connectivity index (χ0) is 13.1. The van der Waals surface area contributed by atoms with Crippen molar-refractivity contribution in [3.8, 4) is 0 Å². The largest absolute Gasteiger partial charge is 0.465 e. The number of furan rings is 1. The van der Waals surface area contributed by atoms with Crippen molar-refractivity contribution in [1.29, 1.82) is 0 Å². The van der Waals surface area contributed by atoms with E-state index in [2.05, 4.69) is 37.5 Å². The van der Waals surface area contributed by atoms with Crippen LogP contribution in [0.3, 0.4) is 0 Å². The van der Waals surface area contributed by atoms with E-state index in [1.807, 2.05) is 19.1 Å². The van der Waals surface area contributed by atoms with Crippen LogP contribution < -0.4 is 11.3 Å². The highest BCUT2D eigenvalue weighted by molar-refractivity contribution is 5.34. The zero-order valence-corrected chi connectivity index (χ0v) is 11.2. The molecular weight excluding hydrogens is 224 g/mol. The van der Waals surface area contributed by atoms with Gasteiger partial charge in [0.15, 0.2) is 0 Å². The highest BCUT2D eigenvalue weighted by Crippen LogP contribution is 2.23. The summed E-state index contributed by atoms with van der Waals surface area (Å²) < 4.78 is 5.65. The summed E-state index contributed by atoms with van der Waals surface area (Å²) in [4.78, 5) is 0. The van der Waals surface area contributed by atoms with Gasteiger partial charge in [-0.3, -0.25) is 5.84 Å². The van der Waals surface area contributed by atoms with E-state index in [9.17, 15) is 0 Å². The molecule has 1 aromatic carbocycles. The van der Waals surface area contributed by atoms with Gasteiger partial charge < -0.3 is 4.42 Å². The highest BCUT2D eigenvalue weighted by atomic mass is 16.3. The fourth-order valence-electron chi connectivity index (χ4n) is 2.26. The van der Waals surface area contributed by atoms with E-state index in [-0.39, 0.29) is 6.04 Å². The molecule has 0 radical (unpaired) electrons. The third kappa shape index (κ3) is 2.63. The van der Waals surface area contributed by atoms with Crippen molar-refractivity contribution in [2.45, 2.75) is 33.2 Å². The molecule has 3 heteroatoms. The van der Waals surface area contributed by atoms with Crippen LogP contribution in [0.25, 0.3) is 0 Å². The molecule has 0 aliphatic rings. The van der Waals surface area contributed by atoms with Crippen LogP contribution in [0.1, 0.15) is 34.3 Å². The second-order valence-electron chi connectivity index (χ2n) is 4.74. The van der Waals surface area contributed by atoms with Crippen molar-refractivity contribution in [2.75, 3.05) is 0 Å². The lowest BCUT2D eigenvalue weighted by Crippen LogP contribution is -2.29. The van der Waals surface area contributed by atoms with Gasteiger partial charge in [0.1, 0.15) is 11.5 Å². The standard InChI is InChI=1S/C15H20N2O/c1-10-5-4-6-11(2)13(10)9-14(17-16)15-8-7-12(3)18-15/h4-8,14,17H,9,16H2,1-3H3. The molecule has 0 spiro atoms. The second kappa shape index (κ2) is 5.38. The molecule has 1 heterocycles. The molecule has 3 N–H and O–H groups in total. The summed E-state index contributed by atoms with van der Waals surface area (Å²) in [6, 6.07) is 10.3. The fourth-order valence-corrected chi connectivity index (χ4v) is 2.26. The Hall–Kier alpha value is -1.58. The first-order valence-electron chi connectivity index (χ1n) is 6.19. The van der Waals surface area contributed by atoms with E-state index in [1.54, 1.807) is 0 Å². The number of nitrogens with one attached hydrogen (secondary N) is 1. The van der Waals surface area contributed by atoms with Crippen molar-refractivity contribution < 1.29 is 4.42 Å². The van der Waals surface area contributed by atoms with Crippen LogP contribution in [0.4, 0.5) is 0 Å². The Morgan fingerprint density at radius 3 is 2.28 bits per heavy atom. The quantitative estimate of drug-likeness (QED) is 0.642. The first-order valence-corrected chi connectivity index (χ1v) is 6.19. The van der Waals surface area contributed by atoms with Gasteiger partial charge in [0.25, 0.3) is 0 Å². The van der Waals surface area contributed by atoms with Gasteiger partial charge in [-0.05, 0) is 56.0 Å². The summed E-state index contributed by atoms with van der Waals surface area (Å²) >= 11 is 0. The summed E-state index contributed by atoms with van der Waals surface area (Å²) in [6.45, 7) is 6.20. The Morgan fingerprint density at radius 1 is 1.11 bits per heavy atom.